The predicted molar refractivity (Wildman–Crippen MR) is 118 cm³/mol. The molecule has 0 bridgehead atoms. The lowest BCUT2D eigenvalue weighted by Gasteiger charge is -2.24. The molecule has 6 nitrogen and oxygen atoms in total. The molecule has 6 heteroatoms. The molecule has 0 saturated heterocycles. The molecule has 0 spiro atoms. The van der Waals surface area contributed by atoms with Crippen LogP contribution in [-0.2, 0) is 22.6 Å². The number of hydrogen-bond donors (Lipinski definition) is 0. The normalized spacial score (nSPS) is 13.9. The van der Waals surface area contributed by atoms with Gasteiger partial charge in [0.15, 0.2) is 0 Å². The summed E-state index contributed by atoms with van der Waals surface area (Å²) in [5.41, 5.74) is 3.89. The summed E-state index contributed by atoms with van der Waals surface area (Å²) in [5, 5.41) is 0. The molecule has 3 heterocycles. The van der Waals surface area contributed by atoms with E-state index in [0.717, 1.165) is 23.1 Å². The first-order chi connectivity index (χ1) is 15.1. The van der Waals surface area contributed by atoms with E-state index in [1.54, 1.807) is 30.8 Å². The smallest absolute Gasteiger partial charge is 0.278 e. The topological polar surface area (TPSA) is 66.7 Å². The van der Waals surface area contributed by atoms with Gasteiger partial charge in [0.2, 0.25) is 0 Å². The van der Waals surface area contributed by atoms with Gasteiger partial charge in [-0.05, 0) is 55.7 Å². The lowest BCUT2D eigenvalue weighted by atomic mass is 10.0. The maximum Gasteiger partial charge on any atom is 0.278 e. The lowest BCUT2D eigenvalue weighted by molar-refractivity contribution is -0.138. The van der Waals surface area contributed by atoms with Crippen LogP contribution in [-0.4, -0.2) is 39.7 Å². The molecule has 0 saturated carbocycles. The first-order valence-corrected chi connectivity index (χ1v) is 10.4. The van der Waals surface area contributed by atoms with Gasteiger partial charge in [-0.25, -0.2) is 0 Å². The lowest BCUT2D eigenvalue weighted by Crippen LogP contribution is -2.35. The van der Waals surface area contributed by atoms with Gasteiger partial charge >= 0.3 is 0 Å². The molecule has 0 aliphatic carbocycles. The van der Waals surface area contributed by atoms with Crippen molar-refractivity contribution in [2.75, 3.05) is 13.1 Å². The Morgan fingerprint density at radius 3 is 2.39 bits per heavy atom. The molecular weight excluding hydrogens is 390 g/mol. The van der Waals surface area contributed by atoms with Crippen molar-refractivity contribution in [2.24, 2.45) is 0 Å². The second-order valence-electron chi connectivity index (χ2n) is 7.55. The number of likely N-dealkylation sites (N-methyl/N-ethyl adjacent to an activating group) is 1. The first kappa shape index (κ1) is 20.6. The zero-order chi connectivity index (χ0) is 21.8. The molecule has 0 unspecified atom stereocenters. The summed E-state index contributed by atoms with van der Waals surface area (Å²) in [6.45, 7) is 5.35. The van der Waals surface area contributed by atoms with Gasteiger partial charge < -0.3 is 9.32 Å². The zero-order valence-corrected chi connectivity index (χ0v) is 17.7. The maximum absolute atomic E-state index is 13.5. The molecule has 0 fully saturated rings. The Balaban J connectivity index is 1.69. The number of aromatic nitrogens is 1. The van der Waals surface area contributed by atoms with Crippen LogP contribution >= 0.6 is 0 Å². The minimum absolute atomic E-state index is 0.117. The van der Waals surface area contributed by atoms with Crippen LogP contribution in [0.25, 0.3) is 5.57 Å². The number of furan rings is 1. The molecule has 4 rings (SSSR count). The monoisotopic (exact) mass is 415 g/mol. The zero-order valence-electron chi connectivity index (χ0n) is 17.7. The quantitative estimate of drug-likeness (QED) is 0.523. The fourth-order valence-corrected chi connectivity index (χ4v) is 3.78. The Bertz CT molecular complexity index is 1090. The van der Waals surface area contributed by atoms with Gasteiger partial charge in [0.1, 0.15) is 11.5 Å². The van der Waals surface area contributed by atoms with Crippen LogP contribution in [0.4, 0.5) is 0 Å². The molecule has 1 aliphatic heterocycles. The van der Waals surface area contributed by atoms with Gasteiger partial charge in [0.05, 0.1) is 18.4 Å². The number of amides is 2. The van der Waals surface area contributed by atoms with Crippen molar-refractivity contribution in [3.8, 4) is 0 Å². The number of pyridine rings is 1. The third kappa shape index (κ3) is 4.28. The highest BCUT2D eigenvalue weighted by molar-refractivity contribution is 6.35. The average molecular weight is 415 g/mol. The van der Waals surface area contributed by atoms with E-state index in [1.807, 2.05) is 55.1 Å². The summed E-state index contributed by atoms with van der Waals surface area (Å²) in [5.74, 6) is 0.00204. The summed E-state index contributed by atoms with van der Waals surface area (Å²) >= 11 is 0. The third-order valence-electron chi connectivity index (χ3n) is 5.50. The first-order valence-electron chi connectivity index (χ1n) is 10.4. The fourth-order valence-electron chi connectivity index (χ4n) is 3.78. The molecule has 158 valence electrons. The number of rotatable bonds is 8. The Morgan fingerprint density at radius 2 is 1.74 bits per heavy atom. The average Bonchev–Trinajstić information content (AvgIpc) is 3.39. The van der Waals surface area contributed by atoms with E-state index < -0.39 is 0 Å². The highest BCUT2D eigenvalue weighted by Gasteiger charge is 2.41. The molecule has 2 aromatic heterocycles. The molecular formula is C25H25N3O3. The molecule has 3 aromatic rings. The van der Waals surface area contributed by atoms with E-state index in [2.05, 4.69) is 4.98 Å². The number of carbonyl (C=O) groups excluding carboxylic acids is 2. The van der Waals surface area contributed by atoms with Crippen LogP contribution in [0.5, 0.6) is 0 Å². The standard InChI is InChI=1S/C25H25N3O3/c1-3-27(15-12-19-10-13-26-14-11-19)23-22(20-8-6-18(2)7-9-20)24(29)28(25(23)30)17-21-5-4-16-31-21/h4-11,13-14,16H,3,12,15,17H2,1-2H3. The summed E-state index contributed by atoms with van der Waals surface area (Å²) in [4.78, 5) is 34.2. The maximum atomic E-state index is 13.5. The predicted octanol–water partition coefficient (Wildman–Crippen LogP) is 3.83. The van der Waals surface area contributed by atoms with Crippen LogP contribution in [0.15, 0.2) is 77.3 Å². The highest BCUT2D eigenvalue weighted by atomic mass is 16.3. The fraction of sp³-hybridized carbons (Fsp3) is 0.240. The Hall–Kier alpha value is -3.67. The molecule has 1 aromatic carbocycles. The SMILES string of the molecule is CCN(CCc1ccncc1)C1=C(c2ccc(C)cc2)C(=O)N(Cc2ccco2)C1=O. The summed E-state index contributed by atoms with van der Waals surface area (Å²) in [6, 6.07) is 15.2. The van der Waals surface area contributed by atoms with Crippen LogP contribution < -0.4 is 0 Å². The second-order valence-corrected chi connectivity index (χ2v) is 7.55. The second kappa shape index (κ2) is 9.00. The van der Waals surface area contributed by atoms with Crippen molar-refractivity contribution in [3.05, 3.63) is 95.3 Å². The van der Waals surface area contributed by atoms with Crippen LogP contribution in [0, 0.1) is 6.92 Å². The van der Waals surface area contributed by atoms with E-state index in [-0.39, 0.29) is 18.4 Å². The molecule has 0 N–H and O–H groups in total. The Kier molecular flexibility index (Phi) is 5.98. The molecule has 0 radical (unpaired) electrons. The van der Waals surface area contributed by atoms with Gasteiger partial charge in [-0.15, -0.1) is 0 Å². The number of hydrogen-bond acceptors (Lipinski definition) is 5. The van der Waals surface area contributed by atoms with Gasteiger partial charge in [-0.3, -0.25) is 19.5 Å². The summed E-state index contributed by atoms with van der Waals surface area (Å²) in [7, 11) is 0. The number of nitrogens with zero attached hydrogens (tertiary/aromatic N) is 3. The van der Waals surface area contributed by atoms with E-state index >= 15 is 0 Å². The van der Waals surface area contributed by atoms with Crippen molar-refractivity contribution in [1.29, 1.82) is 0 Å². The molecule has 2 amide bonds. The van der Waals surface area contributed by atoms with Crippen LogP contribution in [0.2, 0.25) is 0 Å². The van der Waals surface area contributed by atoms with Crippen molar-refractivity contribution in [1.82, 2.24) is 14.8 Å². The van der Waals surface area contributed by atoms with E-state index in [0.29, 0.717) is 30.1 Å². The van der Waals surface area contributed by atoms with Crippen molar-refractivity contribution in [3.63, 3.8) is 0 Å². The van der Waals surface area contributed by atoms with Crippen molar-refractivity contribution >= 4 is 17.4 Å². The van der Waals surface area contributed by atoms with Gasteiger partial charge in [-0.1, -0.05) is 29.8 Å². The number of benzene rings is 1. The number of aryl methyl sites for hydroxylation is 1. The van der Waals surface area contributed by atoms with Gasteiger partial charge in [0.25, 0.3) is 11.8 Å². The molecule has 0 atom stereocenters. The minimum atomic E-state index is -0.289. The van der Waals surface area contributed by atoms with Crippen LogP contribution in [0.3, 0.4) is 0 Å². The third-order valence-corrected chi connectivity index (χ3v) is 5.50. The van der Waals surface area contributed by atoms with Crippen molar-refractivity contribution < 1.29 is 14.0 Å². The Morgan fingerprint density at radius 1 is 1.00 bits per heavy atom. The minimum Gasteiger partial charge on any atom is -0.467 e. The number of carbonyl (C=O) groups is 2. The van der Waals surface area contributed by atoms with E-state index in [1.165, 1.54) is 4.90 Å². The molecule has 1 aliphatic rings. The molecule has 31 heavy (non-hydrogen) atoms. The largest absolute Gasteiger partial charge is 0.467 e. The van der Waals surface area contributed by atoms with Crippen LogP contribution in [0.1, 0.15) is 29.4 Å². The highest BCUT2D eigenvalue weighted by Crippen LogP contribution is 2.33. The summed E-state index contributed by atoms with van der Waals surface area (Å²) in [6.07, 6.45) is 5.82. The van der Waals surface area contributed by atoms with E-state index in [9.17, 15) is 9.59 Å². The van der Waals surface area contributed by atoms with E-state index in [4.69, 9.17) is 4.42 Å². The number of imide groups is 1. The van der Waals surface area contributed by atoms with Gasteiger partial charge in [0, 0.05) is 25.5 Å². The van der Waals surface area contributed by atoms with Gasteiger partial charge in [-0.2, -0.15) is 0 Å². The summed E-state index contributed by atoms with van der Waals surface area (Å²) < 4.78 is 5.39. The van der Waals surface area contributed by atoms with Crippen molar-refractivity contribution in [2.45, 2.75) is 26.8 Å². The Labute approximate surface area is 181 Å².